The van der Waals surface area contributed by atoms with E-state index in [1.54, 1.807) is 6.20 Å². The first kappa shape index (κ1) is 12.0. The fourth-order valence-corrected chi connectivity index (χ4v) is 2.90. The van der Waals surface area contributed by atoms with Crippen LogP contribution in [0.25, 0.3) is 0 Å². The zero-order valence-electron chi connectivity index (χ0n) is 10.1. The summed E-state index contributed by atoms with van der Waals surface area (Å²) in [6, 6.07) is 3.80. The lowest BCUT2D eigenvalue weighted by molar-refractivity contribution is 0.0776. The third-order valence-electron chi connectivity index (χ3n) is 4.17. The third kappa shape index (κ3) is 2.11. The molecule has 0 radical (unpaired) electrons. The molecule has 2 aliphatic rings. The van der Waals surface area contributed by atoms with Crippen LogP contribution in [0.5, 0.6) is 0 Å². The number of rotatable bonds is 2. The van der Waals surface area contributed by atoms with Gasteiger partial charge in [0.2, 0.25) is 0 Å². The molecule has 5 heteroatoms. The van der Waals surface area contributed by atoms with Crippen LogP contribution < -0.4 is 4.90 Å². The van der Waals surface area contributed by atoms with Crippen LogP contribution in [0.15, 0.2) is 18.3 Å². The second kappa shape index (κ2) is 4.53. The Morgan fingerprint density at radius 3 is 2.67 bits per heavy atom. The number of piperidine rings is 1. The maximum absolute atomic E-state index is 11.7. The van der Waals surface area contributed by atoms with Crippen molar-refractivity contribution in [3.05, 3.63) is 24.0 Å². The van der Waals surface area contributed by atoms with Gasteiger partial charge in [-0.3, -0.25) is 0 Å². The highest BCUT2D eigenvalue weighted by molar-refractivity contribution is 9.06. The molecule has 1 aliphatic heterocycles. The van der Waals surface area contributed by atoms with E-state index in [1.165, 1.54) is 25.7 Å². The molecule has 0 unspecified atom stereocenters. The zero-order valence-corrected chi connectivity index (χ0v) is 11.6. The summed E-state index contributed by atoms with van der Waals surface area (Å²) in [6.45, 7) is 2.02. The Balaban J connectivity index is 1.81. The molecule has 0 bridgehead atoms. The van der Waals surface area contributed by atoms with Gasteiger partial charge in [0.1, 0.15) is 0 Å². The number of carbonyl (C=O) groups excluding carboxylic acids is 1. The highest BCUT2D eigenvalue weighted by Crippen LogP contribution is 2.54. The molecule has 1 saturated heterocycles. The van der Waals surface area contributed by atoms with Gasteiger partial charge in [0, 0.05) is 19.3 Å². The monoisotopic (exact) mass is 310 g/mol. The first-order valence-corrected chi connectivity index (χ1v) is 6.92. The molecular formula is C13H15BrN2O2. The SMILES string of the molecule is O=C(OBr)c1ncccc1N1CCC2(CC1)CC2. The van der Waals surface area contributed by atoms with Crippen molar-refractivity contribution in [1.82, 2.24) is 4.98 Å². The maximum Gasteiger partial charge on any atom is 0.370 e. The van der Waals surface area contributed by atoms with Crippen molar-refractivity contribution in [1.29, 1.82) is 0 Å². The number of pyridine rings is 1. The van der Waals surface area contributed by atoms with Gasteiger partial charge in [0.25, 0.3) is 0 Å². The second-order valence-electron chi connectivity index (χ2n) is 5.22. The summed E-state index contributed by atoms with van der Waals surface area (Å²) in [4.78, 5) is 18.0. The van der Waals surface area contributed by atoms with Crippen LogP contribution in [-0.2, 0) is 3.83 Å². The van der Waals surface area contributed by atoms with Crippen LogP contribution in [0.3, 0.4) is 0 Å². The minimum Gasteiger partial charge on any atom is -0.379 e. The molecule has 3 rings (SSSR count). The van der Waals surface area contributed by atoms with Crippen molar-refractivity contribution in [2.24, 2.45) is 5.41 Å². The fraction of sp³-hybridized carbons (Fsp3) is 0.538. The Hall–Kier alpha value is -1.10. The van der Waals surface area contributed by atoms with E-state index < -0.39 is 5.97 Å². The Morgan fingerprint density at radius 1 is 1.33 bits per heavy atom. The number of hydrogen-bond donors (Lipinski definition) is 0. The Kier molecular flexibility index (Phi) is 3.01. The summed E-state index contributed by atoms with van der Waals surface area (Å²) in [7, 11) is 0. The Morgan fingerprint density at radius 2 is 2.06 bits per heavy atom. The minimum absolute atomic E-state index is 0.390. The molecule has 2 heterocycles. The van der Waals surface area contributed by atoms with Gasteiger partial charge in [0.15, 0.2) is 22.0 Å². The van der Waals surface area contributed by atoms with Gasteiger partial charge in [-0.2, -0.15) is 0 Å². The number of carbonyl (C=O) groups is 1. The van der Waals surface area contributed by atoms with Crippen molar-refractivity contribution in [3.63, 3.8) is 0 Å². The van der Waals surface area contributed by atoms with Crippen molar-refractivity contribution in [2.45, 2.75) is 25.7 Å². The zero-order chi connectivity index (χ0) is 12.6. The largest absolute Gasteiger partial charge is 0.379 e. The molecule has 1 saturated carbocycles. The minimum atomic E-state index is -0.433. The molecule has 18 heavy (non-hydrogen) atoms. The van der Waals surface area contributed by atoms with E-state index in [-0.39, 0.29) is 0 Å². The number of halogens is 1. The third-order valence-corrected chi connectivity index (χ3v) is 4.47. The molecular weight excluding hydrogens is 296 g/mol. The first-order chi connectivity index (χ1) is 8.74. The lowest BCUT2D eigenvalue weighted by Crippen LogP contribution is -2.35. The number of hydrogen-bond acceptors (Lipinski definition) is 4. The molecule has 2 fully saturated rings. The van der Waals surface area contributed by atoms with E-state index >= 15 is 0 Å². The molecule has 1 aliphatic carbocycles. The van der Waals surface area contributed by atoms with E-state index in [1.807, 2.05) is 12.1 Å². The van der Waals surface area contributed by atoms with Crippen molar-refractivity contribution < 1.29 is 8.62 Å². The fourth-order valence-electron chi connectivity index (χ4n) is 2.74. The summed E-state index contributed by atoms with van der Waals surface area (Å²) in [5.41, 5.74) is 1.91. The van der Waals surface area contributed by atoms with E-state index in [2.05, 4.69) is 30.0 Å². The predicted octanol–water partition coefficient (Wildman–Crippen LogP) is 2.93. The van der Waals surface area contributed by atoms with Crippen LogP contribution in [0.4, 0.5) is 5.69 Å². The molecule has 0 aromatic carbocycles. The van der Waals surface area contributed by atoms with Gasteiger partial charge in [0.05, 0.1) is 5.69 Å². The lowest BCUT2D eigenvalue weighted by atomic mass is 9.93. The van der Waals surface area contributed by atoms with Gasteiger partial charge >= 0.3 is 5.97 Å². The molecule has 0 N–H and O–H groups in total. The summed E-state index contributed by atoms with van der Waals surface area (Å²) in [5, 5.41) is 0. The topological polar surface area (TPSA) is 42.4 Å². The summed E-state index contributed by atoms with van der Waals surface area (Å²) in [5.74, 6) is -0.433. The van der Waals surface area contributed by atoms with Crippen LogP contribution in [-0.4, -0.2) is 24.0 Å². The lowest BCUT2D eigenvalue weighted by Gasteiger charge is -2.34. The van der Waals surface area contributed by atoms with Gasteiger partial charge in [-0.05, 0) is 43.2 Å². The van der Waals surface area contributed by atoms with Crippen LogP contribution >= 0.6 is 16.3 Å². The van der Waals surface area contributed by atoms with Gasteiger partial charge in [-0.1, -0.05) is 0 Å². The van der Waals surface area contributed by atoms with Crippen molar-refractivity contribution in [3.8, 4) is 0 Å². The number of aromatic nitrogens is 1. The van der Waals surface area contributed by atoms with Crippen LogP contribution in [0.1, 0.15) is 36.2 Å². The van der Waals surface area contributed by atoms with Gasteiger partial charge < -0.3 is 8.73 Å². The molecule has 1 aromatic rings. The summed E-state index contributed by atoms with van der Waals surface area (Å²) in [6.07, 6.45) is 6.83. The molecule has 1 aromatic heterocycles. The van der Waals surface area contributed by atoms with E-state index in [4.69, 9.17) is 0 Å². The normalized spacial score (nSPS) is 20.8. The smallest absolute Gasteiger partial charge is 0.370 e. The summed E-state index contributed by atoms with van der Waals surface area (Å²) >= 11 is 2.73. The van der Waals surface area contributed by atoms with E-state index in [9.17, 15) is 4.79 Å². The van der Waals surface area contributed by atoms with Gasteiger partial charge in [-0.15, -0.1) is 0 Å². The second-order valence-corrected chi connectivity index (χ2v) is 5.55. The molecule has 1 spiro atoms. The highest BCUT2D eigenvalue weighted by atomic mass is 79.9. The summed E-state index contributed by atoms with van der Waals surface area (Å²) < 4.78 is 4.61. The molecule has 4 nitrogen and oxygen atoms in total. The standard InChI is InChI=1S/C13H15BrN2O2/c14-18-12(17)11-10(2-1-7-15-11)16-8-5-13(3-4-13)6-9-16/h1-2,7H,3-6,8-9H2. The molecule has 0 amide bonds. The highest BCUT2D eigenvalue weighted by Gasteiger charge is 2.44. The van der Waals surface area contributed by atoms with E-state index in [0.717, 1.165) is 18.8 Å². The van der Waals surface area contributed by atoms with Crippen molar-refractivity contribution in [2.75, 3.05) is 18.0 Å². The molecule has 0 atom stereocenters. The average Bonchev–Trinajstić information content (AvgIpc) is 3.18. The first-order valence-electron chi connectivity index (χ1n) is 6.27. The van der Waals surface area contributed by atoms with Gasteiger partial charge in [-0.25, -0.2) is 9.78 Å². The average molecular weight is 311 g/mol. The van der Waals surface area contributed by atoms with Crippen molar-refractivity contribution >= 4 is 27.9 Å². The quantitative estimate of drug-likeness (QED) is 0.842. The maximum atomic E-state index is 11.7. The van der Waals surface area contributed by atoms with Crippen LogP contribution in [0.2, 0.25) is 0 Å². The molecule has 96 valence electrons. The van der Waals surface area contributed by atoms with E-state index in [0.29, 0.717) is 11.1 Å². The predicted molar refractivity (Wildman–Crippen MR) is 71.7 cm³/mol. The number of nitrogens with zero attached hydrogens (tertiary/aromatic N) is 2. The number of anilines is 1. The van der Waals surface area contributed by atoms with Crippen LogP contribution in [0, 0.1) is 5.41 Å². The Labute approximate surface area is 115 Å². The Bertz CT molecular complexity index is 464.